The van der Waals surface area contributed by atoms with Crippen LogP contribution in [0.3, 0.4) is 0 Å². The number of hydrogen-bond acceptors (Lipinski definition) is 4. The first-order chi connectivity index (χ1) is 7.83. The smallest absolute Gasteiger partial charge is 0.142 e. The molecular formula is C12H17NO3. The van der Waals surface area contributed by atoms with Gasteiger partial charge < -0.3 is 19.5 Å². The van der Waals surface area contributed by atoms with Gasteiger partial charge in [0, 0.05) is 12.7 Å². The molecule has 1 aliphatic heterocycles. The Labute approximate surface area is 95.5 Å². The molecule has 0 aliphatic carbocycles. The van der Waals surface area contributed by atoms with Crippen LogP contribution in [0.4, 0.5) is 5.69 Å². The molecule has 4 nitrogen and oxygen atoms in total. The third-order valence-corrected chi connectivity index (χ3v) is 2.70. The molecular weight excluding hydrogens is 206 g/mol. The second kappa shape index (κ2) is 5.07. The van der Waals surface area contributed by atoms with Gasteiger partial charge in [0.1, 0.15) is 11.5 Å². The fourth-order valence-electron chi connectivity index (χ4n) is 1.80. The molecule has 4 heteroatoms. The Morgan fingerprint density at radius 2 is 2.19 bits per heavy atom. The molecule has 88 valence electrons. The van der Waals surface area contributed by atoms with Crippen molar-refractivity contribution < 1.29 is 14.2 Å². The van der Waals surface area contributed by atoms with Crippen LogP contribution in [-0.4, -0.2) is 33.5 Å². The van der Waals surface area contributed by atoms with Gasteiger partial charge in [0.05, 0.1) is 32.6 Å². The van der Waals surface area contributed by atoms with Crippen molar-refractivity contribution in [2.24, 2.45) is 0 Å². The van der Waals surface area contributed by atoms with Crippen LogP contribution in [-0.2, 0) is 4.74 Å². The fourth-order valence-corrected chi connectivity index (χ4v) is 1.80. The van der Waals surface area contributed by atoms with E-state index >= 15 is 0 Å². The molecule has 1 aromatic rings. The van der Waals surface area contributed by atoms with E-state index < -0.39 is 0 Å². The van der Waals surface area contributed by atoms with Crippen molar-refractivity contribution in [2.45, 2.75) is 12.5 Å². The van der Waals surface area contributed by atoms with Crippen LogP contribution < -0.4 is 14.8 Å². The lowest BCUT2D eigenvalue weighted by molar-refractivity contribution is 0.195. The minimum atomic E-state index is 0.362. The van der Waals surface area contributed by atoms with Gasteiger partial charge in [-0.1, -0.05) is 0 Å². The monoisotopic (exact) mass is 223 g/mol. The Bertz CT molecular complexity index is 348. The quantitative estimate of drug-likeness (QED) is 0.846. The first-order valence-electron chi connectivity index (χ1n) is 5.40. The summed E-state index contributed by atoms with van der Waals surface area (Å²) in [7, 11) is 3.32. The van der Waals surface area contributed by atoms with E-state index in [1.54, 1.807) is 14.2 Å². The molecule has 1 heterocycles. The number of hydrogen-bond donors (Lipinski definition) is 1. The predicted molar refractivity (Wildman–Crippen MR) is 62.4 cm³/mol. The van der Waals surface area contributed by atoms with Crippen molar-refractivity contribution in [3.05, 3.63) is 18.2 Å². The van der Waals surface area contributed by atoms with E-state index in [0.29, 0.717) is 6.04 Å². The summed E-state index contributed by atoms with van der Waals surface area (Å²) < 4.78 is 15.8. The third kappa shape index (κ3) is 2.39. The summed E-state index contributed by atoms with van der Waals surface area (Å²) in [4.78, 5) is 0. The van der Waals surface area contributed by atoms with Crippen LogP contribution in [0.1, 0.15) is 6.42 Å². The summed E-state index contributed by atoms with van der Waals surface area (Å²) in [6, 6.07) is 6.09. The minimum Gasteiger partial charge on any atom is -0.497 e. The van der Waals surface area contributed by atoms with E-state index in [0.717, 1.165) is 36.8 Å². The van der Waals surface area contributed by atoms with Gasteiger partial charge in [0.15, 0.2) is 0 Å². The van der Waals surface area contributed by atoms with Crippen molar-refractivity contribution in [2.75, 3.05) is 32.8 Å². The standard InChI is InChI=1S/C12H17NO3/c1-14-10-3-4-12(15-2)11(7-10)13-9-5-6-16-8-9/h3-4,7,9,13H,5-6,8H2,1-2H3. The molecule has 0 saturated carbocycles. The molecule has 1 aliphatic rings. The highest BCUT2D eigenvalue weighted by Crippen LogP contribution is 2.30. The number of nitrogens with one attached hydrogen (secondary N) is 1. The summed E-state index contributed by atoms with van der Waals surface area (Å²) in [5.74, 6) is 1.65. The average molecular weight is 223 g/mol. The van der Waals surface area contributed by atoms with Crippen molar-refractivity contribution in [1.29, 1.82) is 0 Å². The number of anilines is 1. The minimum absolute atomic E-state index is 0.362. The Kier molecular flexibility index (Phi) is 3.51. The van der Waals surface area contributed by atoms with Crippen molar-refractivity contribution in [3.63, 3.8) is 0 Å². The molecule has 0 bridgehead atoms. The van der Waals surface area contributed by atoms with E-state index in [4.69, 9.17) is 14.2 Å². The average Bonchev–Trinajstić information content (AvgIpc) is 2.82. The number of rotatable bonds is 4. The lowest BCUT2D eigenvalue weighted by Gasteiger charge is -2.16. The molecule has 1 saturated heterocycles. The molecule has 1 atom stereocenters. The number of methoxy groups -OCH3 is 2. The maximum atomic E-state index is 5.32. The highest BCUT2D eigenvalue weighted by Gasteiger charge is 2.17. The van der Waals surface area contributed by atoms with Gasteiger partial charge in [-0.15, -0.1) is 0 Å². The largest absolute Gasteiger partial charge is 0.497 e. The highest BCUT2D eigenvalue weighted by molar-refractivity contribution is 5.60. The van der Waals surface area contributed by atoms with Crippen molar-refractivity contribution in [3.8, 4) is 11.5 Å². The van der Waals surface area contributed by atoms with Gasteiger partial charge >= 0.3 is 0 Å². The zero-order valence-electron chi connectivity index (χ0n) is 9.66. The molecule has 1 fully saturated rings. The highest BCUT2D eigenvalue weighted by atomic mass is 16.5. The topological polar surface area (TPSA) is 39.7 Å². The summed E-state index contributed by atoms with van der Waals surface area (Å²) in [5.41, 5.74) is 0.956. The van der Waals surface area contributed by atoms with Gasteiger partial charge in [0.25, 0.3) is 0 Å². The van der Waals surface area contributed by atoms with E-state index in [2.05, 4.69) is 5.32 Å². The first-order valence-corrected chi connectivity index (χ1v) is 5.40. The normalized spacial score (nSPS) is 19.5. The zero-order chi connectivity index (χ0) is 11.4. The van der Waals surface area contributed by atoms with Gasteiger partial charge in [-0.05, 0) is 18.6 Å². The predicted octanol–water partition coefficient (Wildman–Crippen LogP) is 1.90. The molecule has 0 radical (unpaired) electrons. The zero-order valence-corrected chi connectivity index (χ0v) is 9.66. The lowest BCUT2D eigenvalue weighted by atomic mass is 10.2. The molecule has 0 aromatic heterocycles. The van der Waals surface area contributed by atoms with Crippen LogP contribution >= 0.6 is 0 Å². The third-order valence-electron chi connectivity index (χ3n) is 2.70. The summed E-state index contributed by atoms with van der Waals surface area (Å²) in [5, 5.41) is 3.41. The van der Waals surface area contributed by atoms with Crippen LogP contribution in [0.15, 0.2) is 18.2 Å². The van der Waals surface area contributed by atoms with Crippen LogP contribution in [0.5, 0.6) is 11.5 Å². The molecule has 1 aromatic carbocycles. The molecule has 2 rings (SSSR count). The second-order valence-electron chi connectivity index (χ2n) is 3.77. The van der Waals surface area contributed by atoms with Crippen molar-refractivity contribution >= 4 is 5.69 Å². The Balaban J connectivity index is 2.15. The van der Waals surface area contributed by atoms with Crippen LogP contribution in [0, 0.1) is 0 Å². The Hall–Kier alpha value is -1.42. The van der Waals surface area contributed by atoms with Gasteiger partial charge in [0.2, 0.25) is 0 Å². The van der Waals surface area contributed by atoms with Gasteiger partial charge in [-0.3, -0.25) is 0 Å². The van der Waals surface area contributed by atoms with E-state index in [9.17, 15) is 0 Å². The summed E-state index contributed by atoms with van der Waals surface area (Å²) in [6.07, 6.45) is 1.03. The molecule has 0 spiro atoms. The van der Waals surface area contributed by atoms with Gasteiger partial charge in [-0.2, -0.15) is 0 Å². The van der Waals surface area contributed by atoms with Crippen molar-refractivity contribution in [1.82, 2.24) is 0 Å². The van der Waals surface area contributed by atoms with Gasteiger partial charge in [-0.25, -0.2) is 0 Å². The lowest BCUT2D eigenvalue weighted by Crippen LogP contribution is -2.19. The number of ether oxygens (including phenoxy) is 3. The maximum absolute atomic E-state index is 5.32. The summed E-state index contributed by atoms with van der Waals surface area (Å²) >= 11 is 0. The Morgan fingerprint density at radius 3 is 2.81 bits per heavy atom. The van der Waals surface area contributed by atoms with E-state index in [-0.39, 0.29) is 0 Å². The molecule has 1 unspecified atom stereocenters. The summed E-state index contributed by atoms with van der Waals surface area (Å²) in [6.45, 7) is 1.57. The van der Waals surface area contributed by atoms with Crippen LogP contribution in [0.2, 0.25) is 0 Å². The molecule has 16 heavy (non-hydrogen) atoms. The van der Waals surface area contributed by atoms with E-state index in [1.807, 2.05) is 18.2 Å². The SMILES string of the molecule is COc1ccc(OC)c(NC2CCOC2)c1. The van der Waals surface area contributed by atoms with E-state index in [1.165, 1.54) is 0 Å². The molecule has 1 N–H and O–H groups in total. The maximum Gasteiger partial charge on any atom is 0.142 e. The Morgan fingerprint density at radius 1 is 1.31 bits per heavy atom. The number of benzene rings is 1. The molecule has 0 amide bonds. The first kappa shape index (κ1) is 11.1. The second-order valence-corrected chi connectivity index (χ2v) is 3.77. The fraction of sp³-hybridized carbons (Fsp3) is 0.500. The van der Waals surface area contributed by atoms with Crippen LogP contribution in [0.25, 0.3) is 0 Å².